The highest BCUT2D eigenvalue weighted by molar-refractivity contribution is 6.06. The van der Waals surface area contributed by atoms with Crippen LogP contribution >= 0.6 is 0 Å². The largest absolute Gasteiger partial charge is 0.497 e. The fraction of sp³-hybridized carbons (Fsp3) is 0.105. The maximum absolute atomic E-state index is 12.2. The Morgan fingerprint density at radius 1 is 1.23 bits per heavy atom. The molecule has 0 bridgehead atoms. The van der Waals surface area contributed by atoms with Gasteiger partial charge in [0.2, 0.25) is 0 Å². The van der Waals surface area contributed by atoms with Gasteiger partial charge in [-0.25, -0.2) is 4.79 Å². The summed E-state index contributed by atoms with van der Waals surface area (Å²) in [4.78, 5) is 23.1. The van der Waals surface area contributed by atoms with Crippen molar-refractivity contribution in [1.29, 1.82) is 5.26 Å². The van der Waals surface area contributed by atoms with Gasteiger partial charge in [0.1, 0.15) is 17.4 Å². The van der Waals surface area contributed by atoms with E-state index in [4.69, 9.17) is 15.1 Å². The molecule has 2 rings (SSSR count). The first-order valence-corrected chi connectivity index (χ1v) is 7.65. The Morgan fingerprint density at radius 3 is 2.69 bits per heavy atom. The third-order valence-electron chi connectivity index (χ3n) is 3.42. The number of nitrogens with zero attached hydrogens (tertiary/aromatic N) is 1. The Hall–Kier alpha value is -3.79. The SMILES string of the molecule is COc1cccc(CN/C=C(/C#N)C(=O)Nc2cccc(C(=O)O)c2)c1. The number of methoxy groups -OCH3 is 1. The predicted molar refractivity (Wildman–Crippen MR) is 95.6 cm³/mol. The number of rotatable bonds is 7. The number of carboxylic acids is 1. The molecule has 0 fully saturated rings. The molecule has 0 heterocycles. The maximum atomic E-state index is 12.2. The lowest BCUT2D eigenvalue weighted by Crippen LogP contribution is -2.17. The van der Waals surface area contributed by atoms with Crippen LogP contribution in [0.25, 0.3) is 0 Å². The average molecular weight is 351 g/mol. The first kappa shape index (κ1) is 18.5. The van der Waals surface area contributed by atoms with Gasteiger partial charge >= 0.3 is 5.97 Å². The van der Waals surface area contributed by atoms with Crippen LogP contribution in [0.4, 0.5) is 5.69 Å². The summed E-state index contributed by atoms with van der Waals surface area (Å²) in [6.07, 6.45) is 1.32. The van der Waals surface area contributed by atoms with Gasteiger partial charge in [0.05, 0.1) is 12.7 Å². The highest BCUT2D eigenvalue weighted by Crippen LogP contribution is 2.13. The molecule has 2 aromatic carbocycles. The van der Waals surface area contributed by atoms with Crippen molar-refractivity contribution in [3.8, 4) is 11.8 Å². The van der Waals surface area contributed by atoms with E-state index in [0.717, 1.165) is 5.56 Å². The zero-order valence-corrected chi connectivity index (χ0v) is 14.0. The van der Waals surface area contributed by atoms with Crippen LogP contribution in [-0.4, -0.2) is 24.1 Å². The number of carboxylic acid groups (broad SMARTS) is 1. The summed E-state index contributed by atoms with van der Waals surface area (Å²) in [5.74, 6) is -1.02. The molecule has 132 valence electrons. The van der Waals surface area contributed by atoms with E-state index in [9.17, 15) is 9.59 Å². The van der Waals surface area contributed by atoms with E-state index in [1.54, 1.807) is 13.2 Å². The summed E-state index contributed by atoms with van der Waals surface area (Å²) < 4.78 is 5.13. The number of hydrogen-bond donors (Lipinski definition) is 3. The van der Waals surface area contributed by atoms with E-state index >= 15 is 0 Å². The number of nitriles is 1. The lowest BCUT2D eigenvalue weighted by atomic mass is 10.2. The molecular formula is C19H17N3O4. The number of hydrogen-bond acceptors (Lipinski definition) is 5. The zero-order valence-electron chi connectivity index (χ0n) is 14.0. The highest BCUT2D eigenvalue weighted by atomic mass is 16.5. The van der Waals surface area contributed by atoms with Gasteiger partial charge in [-0.3, -0.25) is 4.79 Å². The Balaban J connectivity index is 2.01. The van der Waals surface area contributed by atoms with Crippen molar-refractivity contribution in [3.05, 3.63) is 71.4 Å². The maximum Gasteiger partial charge on any atom is 0.335 e. The molecule has 7 heteroatoms. The van der Waals surface area contributed by atoms with Crippen molar-refractivity contribution in [2.24, 2.45) is 0 Å². The normalized spacial score (nSPS) is 10.5. The molecule has 0 atom stereocenters. The van der Waals surface area contributed by atoms with Crippen LogP contribution in [0.15, 0.2) is 60.3 Å². The van der Waals surface area contributed by atoms with Gasteiger partial charge in [-0.1, -0.05) is 18.2 Å². The van der Waals surface area contributed by atoms with Crippen LogP contribution in [0.1, 0.15) is 15.9 Å². The molecule has 0 spiro atoms. The third kappa shape index (κ3) is 5.11. The van der Waals surface area contributed by atoms with Crippen LogP contribution in [0.3, 0.4) is 0 Å². The van der Waals surface area contributed by atoms with Gasteiger partial charge in [0, 0.05) is 18.4 Å². The van der Waals surface area contributed by atoms with Crippen molar-refractivity contribution in [1.82, 2.24) is 5.32 Å². The minimum absolute atomic E-state index is 0.0430. The van der Waals surface area contributed by atoms with Crippen LogP contribution in [0.5, 0.6) is 5.75 Å². The van der Waals surface area contributed by atoms with Crippen molar-refractivity contribution in [2.45, 2.75) is 6.54 Å². The molecule has 0 aliphatic carbocycles. The van der Waals surface area contributed by atoms with Crippen molar-refractivity contribution < 1.29 is 19.4 Å². The Kier molecular flexibility index (Phi) is 6.34. The quantitative estimate of drug-likeness (QED) is 0.522. The number of ether oxygens (including phenoxy) is 1. The van der Waals surface area contributed by atoms with Crippen molar-refractivity contribution >= 4 is 17.6 Å². The standard InChI is InChI=1S/C19H17N3O4/c1-26-17-7-2-4-13(8-17)11-21-12-15(10-20)18(23)22-16-6-3-5-14(9-16)19(24)25/h2-9,12,21H,11H2,1H3,(H,22,23)(H,24,25)/b15-12-. The van der Waals surface area contributed by atoms with Gasteiger partial charge in [-0.2, -0.15) is 5.26 Å². The number of amides is 1. The van der Waals surface area contributed by atoms with Crippen molar-refractivity contribution in [2.75, 3.05) is 12.4 Å². The molecule has 0 saturated heterocycles. The number of benzene rings is 2. The molecule has 0 aliphatic rings. The molecule has 0 aliphatic heterocycles. The van der Waals surface area contributed by atoms with Crippen LogP contribution in [-0.2, 0) is 11.3 Å². The molecule has 7 nitrogen and oxygen atoms in total. The van der Waals surface area contributed by atoms with E-state index in [0.29, 0.717) is 18.0 Å². The Labute approximate surface area is 150 Å². The molecule has 0 unspecified atom stereocenters. The highest BCUT2D eigenvalue weighted by Gasteiger charge is 2.10. The summed E-state index contributed by atoms with van der Waals surface area (Å²) >= 11 is 0. The second-order valence-electron chi connectivity index (χ2n) is 5.24. The summed E-state index contributed by atoms with van der Waals surface area (Å²) in [7, 11) is 1.57. The fourth-order valence-electron chi connectivity index (χ4n) is 2.13. The minimum atomic E-state index is -1.10. The van der Waals surface area contributed by atoms with Crippen molar-refractivity contribution in [3.63, 3.8) is 0 Å². The number of carbonyl (C=O) groups excluding carboxylic acids is 1. The Bertz CT molecular complexity index is 884. The molecular weight excluding hydrogens is 334 g/mol. The Morgan fingerprint density at radius 2 is 2.00 bits per heavy atom. The summed E-state index contributed by atoms with van der Waals surface area (Å²) in [6.45, 7) is 0.407. The van der Waals surface area contributed by atoms with E-state index in [2.05, 4.69) is 10.6 Å². The molecule has 26 heavy (non-hydrogen) atoms. The zero-order chi connectivity index (χ0) is 18.9. The predicted octanol–water partition coefficient (Wildman–Crippen LogP) is 2.53. The van der Waals surface area contributed by atoms with E-state index in [-0.39, 0.29) is 11.1 Å². The first-order valence-electron chi connectivity index (χ1n) is 7.65. The fourth-order valence-corrected chi connectivity index (χ4v) is 2.13. The third-order valence-corrected chi connectivity index (χ3v) is 3.42. The van der Waals surface area contributed by atoms with Gasteiger partial charge < -0.3 is 20.5 Å². The smallest absolute Gasteiger partial charge is 0.335 e. The topological polar surface area (TPSA) is 111 Å². The number of nitrogens with one attached hydrogen (secondary N) is 2. The summed E-state index contributed by atoms with van der Waals surface area (Å²) in [5.41, 5.74) is 1.13. The van der Waals surface area contributed by atoms with Gasteiger partial charge in [-0.05, 0) is 35.9 Å². The number of anilines is 1. The first-order chi connectivity index (χ1) is 12.5. The second-order valence-corrected chi connectivity index (χ2v) is 5.24. The van der Waals surface area contributed by atoms with Crippen LogP contribution in [0.2, 0.25) is 0 Å². The van der Waals surface area contributed by atoms with E-state index < -0.39 is 11.9 Å². The minimum Gasteiger partial charge on any atom is -0.497 e. The number of carbonyl (C=O) groups is 2. The van der Waals surface area contributed by atoms with Gasteiger partial charge in [0.25, 0.3) is 5.91 Å². The van der Waals surface area contributed by atoms with Gasteiger partial charge in [0.15, 0.2) is 0 Å². The van der Waals surface area contributed by atoms with E-state index in [1.165, 1.54) is 24.4 Å². The summed E-state index contributed by atoms with van der Waals surface area (Å²) in [6, 6.07) is 15.0. The van der Waals surface area contributed by atoms with E-state index in [1.807, 2.05) is 30.3 Å². The molecule has 2 aromatic rings. The lowest BCUT2D eigenvalue weighted by molar-refractivity contribution is -0.112. The monoisotopic (exact) mass is 351 g/mol. The van der Waals surface area contributed by atoms with Crippen LogP contribution in [0, 0.1) is 11.3 Å². The molecule has 1 amide bonds. The molecule has 0 aromatic heterocycles. The molecule has 0 saturated carbocycles. The van der Waals surface area contributed by atoms with Crippen LogP contribution < -0.4 is 15.4 Å². The average Bonchev–Trinajstić information content (AvgIpc) is 2.65. The molecule has 3 N–H and O–H groups in total. The molecule has 0 radical (unpaired) electrons. The lowest BCUT2D eigenvalue weighted by Gasteiger charge is -2.07. The van der Waals surface area contributed by atoms with Gasteiger partial charge in [-0.15, -0.1) is 0 Å². The second kappa shape index (κ2) is 8.89. The summed E-state index contributed by atoms with van der Waals surface area (Å²) in [5, 5.41) is 23.5. The number of aromatic carboxylic acids is 1.